The molecule has 32 heavy (non-hydrogen) atoms. The molecule has 2 aromatic rings. The van der Waals surface area contributed by atoms with Gasteiger partial charge in [-0.25, -0.2) is 9.59 Å². The minimum atomic E-state index is -1.02. The molecule has 8 nitrogen and oxygen atoms in total. The summed E-state index contributed by atoms with van der Waals surface area (Å²) in [5.74, 6) is -1.07. The molecule has 0 fully saturated rings. The van der Waals surface area contributed by atoms with Crippen molar-refractivity contribution in [3.05, 3.63) is 65.7 Å². The maximum absolute atomic E-state index is 13.1. The fourth-order valence-electron chi connectivity index (χ4n) is 2.98. The van der Waals surface area contributed by atoms with E-state index in [1.54, 1.807) is 32.9 Å². The zero-order valence-corrected chi connectivity index (χ0v) is 18.8. The lowest BCUT2D eigenvalue weighted by Crippen LogP contribution is -2.53. The van der Waals surface area contributed by atoms with Gasteiger partial charge in [0, 0.05) is 12.8 Å². The van der Waals surface area contributed by atoms with Gasteiger partial charge in [0.1, 0.15) is 23.4 Å². The first-order valence-corrected chi connectivity index (χ1v) is 10.3. The zero-order chi connectivity index (χ0) is 23.7. The van der Waals surface area contributed by atoms with E-state index in [-0.39, 0.29) is 18.6 Å². The molecule has 0 aliphatic heterocycles. The molecule has 2 aromatic carbocycles. The summed E-state index contributed by atoms with van der Waals surface area (Å²) in [6.45, 7) is 5.15. The molecule has 0 heterocycles. The van der Waals surface area contributed by atoms with Crippen LogP contribution in [0.4, 0.5) is 4.79 Å². The molecule has 2 rings (SSSR count). The molecule has 0 aliphatic carbocycles. The summed E-state index contributed by atoms with van der Waals surface area (Å²) in [6.07, 6.45) is -0.392. The van der Waals surface area contributed by atoms with Crippen LogP contribution in [-0.2, 0) is 31.9 Å². The van der Waals surface area contributed by atoms with Crippen LogP contribution in [0.15, 0.2) is 54.6 Å². The van der Waals surface area contributed by atoms with E-state index < -0.39 is 35.7 Å². The minimum absolute atomic E-state index is 0.0865. The number of amides is 2. The van der Waals surface area contributed by atoms with Crippen molar-refractivity contribution in [3.8, 4) is 5.75 Å². The second-order valence-electron chi connectivity index (χ2n) is 8.34. The van der Waals surface area contributed by atoms with E-state index in [0.717, 1.165) is 5.56 Å². The van der Waals surface area contributed by atoms with E-state index in [0.29, 0.717) is 5.56 Å². The van der Waals surface area contributed by atoms with Crippen molar-refractivity contribution >= 4 is 18.0 Å². The first kappa shape index (κ1) is 24.7. The third-order valence-corrected chi connectivity index (χ3v) is 4.47. The minimum Gasteiger partial charge on any atom is -0.508 e. The van der Waals surface area contributed by atoms with Gasteiger partial charge in [-0.2, -0.15) is 0 Å². The summed E-state index contributed by atoms with van der Waals surface area (Å²) in [5.41, 5.74) is 0.806. The van der Waals surface area contributed by atoms with Crippen molar-refractivity contribution in [2.24, 2.45) is 0 Å². The number of alkyl carbamates (subject to hydrolysis) is 1. The molecule has 0 bridgehead atoms. The lowest BCUT2D eigenvalue weighted by atomic mass is 10.0. The van der Waals surface area contributed by atoms with Crippen LogP contribution in [0.2, 0.25) is 0 Å². The fraction of sp³-hybridized carbons (Fsp3) is 0.375. The fourth-order valence-corrected chi connectivity index (χ4v) is 2.98. The van der Waals surface area contributed by atoms with Crippen molar-refractivity contribution in [3.63, 3.8) is 0 Å². The van der Waals surface area contributed by atoms with Gasteiger partial charge in [0.25, 0.3) is 0 Å². The number of hydrogen-bond acceptors (Lipinski definition) is 6. The summed E-state index contributed by atoms with van der Waals surface area (Å²) in [6, 6.07) is 13.5. The molecule has 172 valence electrons. The summed E-state index contributed by atoms with van der Waals surface area (Å²) < 4.78 is 10.1. The molecule has 0 radical (unpaired) electrons. The topological polar surface area (TPSA) is 114 Å². The number of phenols is 1. The number of esters is 1. The number of nitrogens with one attached hydrogen (secondary N) is 2. The number of carbonyl (C=O) groups is 3. The predicted molar refractivity (Wildman–Crippen MR) is 119 cm³/mol. The highest BCUT2D eigenvalue weighted by molar-refractivity contribution is 5.90. The number of aromatic hydroxyl groups is 1. The summed E-state index contributed by atoms with van der Waals surface area (Å²) >= 11 is 0. The van der Waals surface area contributed by atoms with Crippen molar-refractivity contribution in [2.75, 3.05) is 7.11 Å². The Bertz CT molecular complexity index is 906. The second-order valence-corrected chi connectivity index (χ2v) is 8.34. The van der Waals surface area contributed by atoms with Gasteiger partial charge in [-0.1, -0.05) is 42.5 Å². The molecule has 0 saturated carbocycles. The number of phenolic OH excluding ortho intramolecular Hbond substituents is 1. The molecule has 3 N–H and O–H groups in total. The molecule has 0 aliphatic rings. The van der Waals surface area contributed by atoms with Crippen molar-refractivity contribution in [1.82, 2.24) is 10.6 Å². The smallest absolute Gasteiger partial charge is 0.408 e. The second kappa shape index (κ2) is 11.2. The van der Waals surface area contributed by atoms with Gasteiger partial charge in [0.15, 0.2) is 0 Å². The molecule has 8 heteroatoms. The van der Waals surface area contributed by atoms with Gasteiger partial charge in [0.2, 0.25) is 5.91 Å². The Morgan fingerprint density at radius 2 is 1.44 bits per heavy atom. The lowest BCUT2D eigenvalue weighted by Gasteiger charge is -2.25. The molecular formula is C24H30N2O6. The number of ether oxygens (including phenoxy) is 2. The summed E-state index contributed by atoms with van der Waals surface area (Å²) in [4.78, 5) is 37.7. The summed E-state index contributed by atoms with van der Waals surface area (Å²) in [5, 5.41) is 14.8. The van der Waals surface area contributed by atoms with E-state index >= 15 is 0 Å². The molecule has 2 amide bonds. The van der Waals surface area contributed by atoms with Gasteiger partial charge in [-0.05, 0) is 44.0 Å². The maximum Gasteiger partial charge on any atom is 0.408 e. The summed E-state index contributed by atoms with van der Waals surface area (Å²) in [7, 11) is 1.25. The third-order valence-electron chi connectivity index (χ3n) is 4.47. The molecule has 0 unspecified atom stereocenters. The number of methoxy groups -OCH3 is 1. The van der Waals surface area contributed by atoms with E-state index in [1.807, 2.05) is 30.3 Å². The normalized spacial score (nSPS) is 12.9. The Kier molecular flexibility index (Phi) is 8.63. The van der Waals surface area contributed by atoms with Crippen LogP contribution in [0.3, 0.4) is 0 Å². The first-order valence-electron chi connectivity index (χ1n) is 10.3. The van der Waals surface area contributed by atoms with Crippen LogP contribution in [0.1, 0.15) is 31.9 Å². The van der Waals surface area contributed by atoms with Crippen LogP contribution in [0.5, 0.6) is 5.75 Å². The Morgan fingerprint density at radius 1 is 0.875 bits per heavy atom. The van der Waals surface area contributed by atoms with Gasteiger partial charge in [0.05, 0.1) is 7.11 Å². The average Bonchev–Trinajstić information content (AvgIpc) is 2.73. The monoisotopic (exact) mass is 442 g/mol. The molecule has 0 spiro atoms. The maximum atomic E-state index is 13.1. The van der Waals surface area contributed by atoms with Crippen LogP contribution in [0.25, 0.3) is 0 Å². The van der Waals surface area contributed by atoms with Gasteiger partial charge in [-0.3, -0.25) is 4.79 Å². The van der Waals surface area contributed by atoms with Crippen LogP contribution in [0, 0.1) is 0 Å². The zero-order valence-electron chi connectivity index (χ0n) is 18.8. The lowest BCUT2D eigenvalue weighted by molar-refractivity contribution is -0.145. The standard InChI is InChI=1S/C24H30N2O6/c1-24(2,3)32-23(30)26-19(14-17-10-12-18(27)13-11-17)21(28)25-20(22(29)31-4)15-16-8-6-5-7-9-16/h5-13,19-20,27H,14-15H2,1-4H3,(H,25,28)(H,26,30)/t19-,20-/m1/s1. The van der Waals surface area contributed by atoms with Gasteiger partial charge >= 0.3 is 12.1 Å². The SMILES string of the molecule is COC(=O)[C@@H](Cc1ccccc1)NC(=O)[C@@H](Cc1ccc(O)cc1)NC(=O)OC(C)(C)C. The van der Waals surface area contributed by atoms with Gasteiger partial charge in [-0.15, -0.1) is 0 Å². The van der Waals surface area contributed by atoms with Crippen LogP contribution in [-0.4, -0.2) is 47.9 Å². The van der Waals surface area contributed by atoms with E-state index in [9.17, 15) is 19.5 Å². The number of carbonyl (C=O) groups excluding carboxylic acids is 3. The third kappa shape index (κ3) is 8.29. The Hall–Kier alpha value is -3.55. The van der Waals surface area contributed by atoms with Crippen molar-refractivity contribution < 1.29 is 29.0 Å². The Balaban J connectivity index is 2.20. The number of benzene rings is 2. The average molecular weight is 443 g/mol. The quantitative estimate of drug-likeness (QED) is 0.542. The van der Waals surface area contributed by atoms with E-state index in [4.69, 9.17) is 9.47 Å². The van der Waals surface area contributed by atoms with Gasteiger partial charge < -0.3 is 25.2 Å². The van der Waals surface area contributed by atoms with E-state index in [2.05, 4.69) is 10.6 Å². The largest absolute Gasteiger partial charge is 0.508 e. The first-order chi connectivity index (χ1) is 15.1. The molecular weight excluding hydrogens is 412 g/mol. The highest BCUT2D eigenvalue weighted by Gasteiger charge is 2.29. The van der Waals surface area contributed by atoms with Crippen molar-refractivity contribution in [1.29, 1.82) is 0 Å². The van der Waals surface area contributed by atoms with Crippen LogP contribution >= 0.6 is 0 Å². The van der Waals surface area contributed by atoms with Crippen molar-refractivity contribution in [2.45, 2.75) is 51.3 Å². The Morgan fingerprint density at radius 3 is 2.00 bits per heavy atom. The molecule has 2 atom stereocenters. The highest BCUT2D eigenvalue weighted by atomic mass is 16.6. The Labute approximate surface area is 187 Å². The highest BCUT2D eigenvalue weighted by Crippen LogP contribution is 2.13. The molecule has 0 aromatic heterocycles. The van der Waals surface area contributed by atoms with E-state index in [1.165, 1.54) is 19.2 Å². The predicted octanol–water partition coefficient (Wildman–Crippen LogP) is 2.73. The van der Waals surface area contributed by atoms with Crippen LogP contribution < -0.4 is 10.6 Å². The number of hydrogen-bond donors (Lipinski definition) is 3. The number of rotatable bonds is 8. The molecule has 0 saturated heterocycles.